The van der Waals surface area contributed by atoms with E-state index in [9.17, 15) is 4.39 Å². The molecular weight excluding hydrogens is 578 g/mol. The van der Waals surface area contributed by atoms with Crippen molar-refractivity contribution >= 4 is 80.7 Å². The Morgan fingerprint density at radius 1 is 1.16 bits per heavy atom. The van der Waals surface area contributed by atoms with Gasteiger partial charge < -0.3 is 5.32 Å². The van der Waals surface area contributed by atoms with Gasteiger partial charge in [0.05, 0.1) is 11.6 Å². The van der Waals surface area contributed by atoms with Crippen LogP contribution in [0.1, 0.15) is 5.56 Å². The molecule has 0 aliphatic heterocycles. The van der Waals surface area contributed by atoms with Crippen LogP contribution in [-0.2, 0) is 6.42 Å². The minimum absolute atomic E-state index is 0.385. The fourth-order valence-corrected chi connectivity index (χ4v) is 5.77. The van der Waals surface area contributed by atoms with Crippen LogP contribution < -0.4 is 10.5 Å². The number of nitrogens with zero attached hydrogens (tertiary/aromatic N) is 4. The first-order valence-corrected chi connectivity index (χ1v) is 14.6. The minimum atomic E-state index is -0.385. The Kier molecular flexibility index (Phi) is 6.51. The highest BCUT2D eigenvalue weighted by Gasteiger charge is 2.17. The molecule has 6 nitrogen and oxygen atoms in total. The lowest BCUT2D eigenvalue weighted by atomic mass is 10.1. The summed E-state index contributed by atoms with van der Waals surface area (Å²) in [7, 11) is 1.47. The largest absolute Gasteiger partial charge is 0.369 e. The maximum atomic E-state index is 14.0. The van der Waals surface area contributed by atoms with Crippen LogP contribution in [0.15, 0.2) is 59.1 Å². The smallest absolute Gasteiger partial charge is 0.165 e. The Bertz CT molecular complexity index is 1400. The Balaban J connectivity index is 1.48. The molecule has 0 fully saturated rings. The van der Waals surface area contributed by atoms with E-state index in [1.165, 1.54) is 38.9 Å². The minimum Gasteiger partial charge on any atom is -0.369 e. The molecule has 0 saturated carbocycles. The topological polar surface area (TPSA) is 81.6 Å². The van der Waals surface area contributed by atoms with E-state index in [2.05, 4.69) is 43.6 Å². The van der Waals surface area contributed by atoms with Crippen LogP contribution in [0.3, 0.4) is 0 Å². The van der Waals surface area contributed by atoms with Crippen molar-refractivity contribution in [1.82, 2.24) is 18.9 Å². The Morgan fingerprint density at radius 3 is 2.78 bits per heavy atom. The molecule has 32 heavy (non-hydrogen) atoms. The first-order valence-electron chi connectivity index (χ1n) is 9.57. The van der Waals surface area contributed by atoms with Crippen molar-refractivity contribution in [3.8, 4) is 11.4 Å². The molecule has 0 unspecified atom stereocenters. The van der Waals surface area contributed by atoms with Gasteiger partial charge in [-0.05, 0) is 53.6 Å². The third-order valence-corrected chi connectivity index (χ3v) is 8.04. The maximum Gasteiger partial charge on any atom is 0.165 e. The fraction of sp³-hybridized carbons (Fsp3) is 0.0952. The van der Waals surface area contributed by atoms with E-state index in [0.717, 1.165) is 39.5 Å². The van der Waals surface area contributed by atoms with Crippen LogP contribution in [0.5, 0.6) is 0 Å². The van der Waals surface area contributed by atoms with E-state index in [-0.39, 0.29) is 5.82 Å². The summed E-state index contributed by atoms with van der Waals surface area (Å²) in [4.78, 5) is 15.8. The SMILES string of the molecule is NSc1ccc(CCNc2nc(-c3cn(SI)c4ncc(F)cc34)nc3sccc23)cc1. The van der Waals surface area contributed by atoms with Crippen LogP contribution in [0, 0.1) is 5.82 Å². The molecule has 0 saturated heterocycles. The molecule has 0 aliphatic rings. The van der Waals surface area contributed by atoms with Crippen LogP contribution in [0.2, 0.25) is 0 Å². The van der Waals surface area contributed by atoms with Crippen LogP contribution >= 0.6 is 53.6 Å². The van der Waals surface area contributed by atoms with Gasteiger partial charge in [0.25, 0.3) is 0 Å². The van der Waals surface area contributed by atoms with Crippen molar-refractivity contribution in [1.29, 1.82) is 0 Å². The van der Waals surface area contributed by atoms with Crippen molar-refractivity contribution in [2.75, 3.05) is 11.9 Å². The number of hydrogen-bond donors (Lipinski definition) is 2. The van der Waals surface area contributed by atoms with Gasteiger partial charge in [0.2, 0.25) is 0 Å². The summed E-state index contributed by atoms with van der Waals surface area (Å²) >= 11 is 4.98. The predicted octanol–water partition coefficient (Wildman–Crippen LogP) is 6.31. The molecule has 0 radical (unpaired) electrons. The molecule has 4 heterocycles. The van der Waals surface area contributed by atoms with Crippen molar-refractivity contribution in [3.63, 3.8) is 0 Å². The average Bonchev–Trinajstić information content (AvgIpc) is 3.43. The molecule has 1 aromatic carbocycles. The Morgan fingerprint density at radius 2 is 2.00 bits per heavy atom. The van der Waals surface area contributed by atoms with Crippen molar-refractivity contribution in [3.05, 3.63) is 65.6 Å². The number of halogens is 2. The molecule has 0 amide bonds. The predicted molar refractivity (Wildman–Crippen MR) is 142 cm³/mol. The number of fused-ring (bicyclic) bond motifs is 2. The van der Waals surface area contributed by atoms with Crippen LogP contribution in [-0.4, -0.2) is 25.5 Å². The Hall–Kier alpha value is -1.93. The second kappa shape index (κ2) is 9.51. The van der Waals surface area contributed by atoms with E-state index < -0.39 is 0 Å². The van der Waals surface area contributed by atoms with Gasteiger partial charge in [-0.25, -0.2) is 19.3 Å². The monoisotopic (exact) mass is 594 g/mol. The van der Waals surface area contributed by atoms with E-state index in [4.69, 9.17) is 15.1 Å². The second-order valence-corrected chi connectivity index (χ2v) is 10.3. The maximum absolute atomic E-state index is 14.0. The van der Waals surface area contributed by atoms with Crippen molar-refractivity contribution < 1.29 is 4.39 Å². The van der Waals surface area contributed by atoms with E-state index in [0.29, 0.717) is 16.9 Å². The van der Waals surface area contributed by atoms with E-state index in [1.54, 1.807) is 11.3 Å². The summed E-state index contributed by atoms with van der Waals surface area (Å²) in [5, 5.41) is 12.7. The summed E-state index contributed by atoms with van der Waals surface area (Å²) in [6, 6.07) is 11.7. The number of anilines is 1. The number of thiophene rings is 1. The first kappa shape index (κ1) is 21.9. The molecule has 4 aromatic heterocycles. The van der Waals surface area contributed by atoms with E-state index >= 15 is 0 Å². The lowest BCUT2D eigenvalue weighted by Crippen LogP contribution is -2.07. The molecule has 162 valence electrons. The molecule has 0 spiro atoms. The summed E-state index contributed by atoms with van der Waals surface area (Å²) in [6.07, 6.45) is 3.98. The van der Waals surface area contributed by atoms with Gasteiger partial charge >= 0.3 is 0 Å². The zero-order valence-electron chi connectivity index (χ0n) is 16.5. The third-order valence-electron chi connectivity index (χ3n) is 4.98. The molecule has 0 bridgehead atoms. The van der Waals surface area contributed by atoms with Gasteiger partial charge in [0.1, 0.15) is 16.5 Å². The van der Waals surface area contributed by atoms with Gasteiger partial charge in [0, 0.05) is 58.9 Å². The number of rotatable bonds is 7. The molecule has 5 aromatic rings. The zero-order chi connectivity index (χ0) is 22.1. The highest BCUT2D eigenvalue weighted by atomic mass is 127. The van der Waals surface area contributed by atoms with Crippen molar-refractivity contribution in [2.24, 2.45) is 5.14 Å². The molecule has 3 N–H and O–H groups in total. The molecule has 11 heteroatoms. The molecule has 0 atom stereocenters. The summed E-state index contributed by atoms with van der Waals surface area (Å²) in [6.45, 7) is 0.720. The summed E-state index contributed by atoms with van der Waals surface area (Å²) < 4.78 is 15.9. The van der Waals surface area contributed by atoms with E-state index in [1.807, 2.05) is 33.7 Å². The normalized spacial score (nSPS) is 11.5. The summed E-state index contributed by atoms with van der Waals surface area (Å²) in [5.41, 5.74) is 2.66. The highest BCUT2D eigenvalue weighted by Crippen LogP contribution is 2.35. The third kappa shape index (κ3) is 4.31. The zero-order valence-corrected chi connectivity index (χ0v) is 21.1. The molecule has 0 aliphatic carbocycles. The van der Waals surface area contributed by atoms with Crippen LogP contribution in [0.4, 0.5) is 10.2 Å². The first-order chi connectivity index (χ1) is 15.7. The average molecular weight is 595 g/mol. The number of nitrogens with one attached hydrogen (secondary N) is 1. The molecule has 5 rings (SSSR count). The van der Waals surface area contributed by atoms with Crippen molar-refractivity contribution in [2.45, 2.75) is 11.3 Å². The number of benzene rings is 1. The summed E-state index contributed by atoms with van der Waals surface area (Å²) in [5.74, 6) is 0.936. The van der Waals surface area contributed by atoms with Gasteiger partial charge in [-0.2, -0.15) is 0 Å². The Labute approximate surface area is 208 Å². The number of aromatic nitrogens is 4. The number of nitrogens with two attached hydrogens (primary N) is 1. The lowest BCUT2D eigenvalue weighted by molar-refractivity contribution is 0.624. The lowest BCUT2D eigenvalue weighted by Gasteiger charge is -2.09. The standard InChI is InChI=1S/C21H16FIN6S3/c22-13-9-16-17(11-29(32-23)20(16)26-10-13)19-27-18(15-6-8-30-21(15)28-19)25-7-5-12-1-3-14(31-24)4-2-12/h1-4,6,8-11H,5,7,24H2,(H,25,27,28). The highest BCUT2D eigenvalue weighted by molar-refractivity contribution is 14.2. The number of hydrogen-bond acceptors (Lipinski definition) is 8. The van der Waals surface area contributed by atoms with Crippen LogP contribution in [0.25, 0.3) is 32.6 Å². The second-order valence-electron chi connectivity index (χ2n) is 6.94. The van der Waals surface area contributed by atoms with Gasteiger partial charge in [-0.15, -0.1) is 11.3 Å². The quantitative estimate of drug-likeness (QED) is 0.169. The van der Waals surface area contributed by atoms with Gasteiger partial charge in [-0.1, -0.05) is 12.1 Å². The van der Waals surface area contributed by atoms with Gasteiger partial charge in [-0.3, -0.25) is 9.11 Å². The van der Waals surface area contributed by atoms with Gasteiger partial charge in [0.15, 0.2) is 11.5 Å². The number of pyridine rings is 1. The molecular formula is C21H16FIN6S3. The fourth-order valence-electron chi connectivity index (χ4n) is 3.46.